The first-order valence-electron chi connectivity index (χ1n) is 6.71. The van der Waals surface area contributed by atoms with Crippen molar-refractivity contribution in [3.63, 3.8) is 0 Å². The lowest BCUT2D eigenvalue weighted by atomic mass is 10.0. The molecule has 2 N–H and O–H groups in total. The van der Waals surface area contributed by atoms with Crippen LogP contribution in [-0.2, 0) is 19.1 Å². The number of rotatable bonds is 5. The molecule has 1 aromatic carbocycles. The zero-order valence-corrected chi connectivity index (χ0v) is 11.6. The van der Waals surface area contributed by atoms with E-state index in [1.807, 2.05) is 6.92 Å². The van der Waals surface area contributed by atoms with Gasteiger partial charge in [0.05, 0.1) is 5.56 Å². The third-order valence-corrected chi connectivity index (χ3v) is 3.18. The maximum absolute atomic E-state index is 12.7. The van der Waals surface area contributed by atoms with Crippen LogP contribution in [0.25, 0.3) is 0 Å². The van der Waals surface area contributed by atoms with Gasteiger partial charge >= 0.3 is 6.18 Å². The first-order chi connectivity index (χ1) is 9.91. The standard InChI is InChI=1S/C14H17F3N4/c1-2-6-21-13(19-9-20-21)8-12(18)10-4-3-5-11(7-10)14(15,16)17/h3-5,7,9,12H,2,6,8,18H2,1H3. The second-order valence-electron chi connectivity index (χ2n) is 4.83. The van der Waals surface area contributed by atoms with Gasteiger partial charge in [-0.2, -0.15) is 18.3 Å². The second kappa shape index (κ2) is 6.26. The van der Waals surface area contributed by atoms with E-state index in [0.717, 1.165) is 18.6 Å². The molecule has 1 heterocycles. The van der Waals surface area contributed by atoms with Crippen molar-refractivity contribution in [1.29, 1.82) is 0 Å². The Morgan fingerprint density at radius 3 is 2.76 bits per heavy atom. The van der Waals surface area contributed by atoms with Gasteiger partial charge in [0.15, 0.2) is 0 Å². The lowest BCUT2D eigenvalue weighted by molar-refractivity contribution is -0.137. The van der Waals surface area contributed by atoms with Gasteiger partial charge in [-0.1, -0.05) is 19.1 Å². The van der Waals surface area contributed by atoms with Crippen LogP contribution in [0.1, 0.15) is 36.3 Å². The highest BCUT2D eigenvalue weighted by molar-refractivity contribution is 5.28. The van der Waals surface area contributed by atoms with Gasteiger partial charge in [-0.05, 0) is 24.1 Å². The van der Waals surface area contributed by atoms with Gasteiger partial charge in [0.1, 0.15) is 12.2 Å². The van der Waals surface area contributed by atoms with E-state index < -0.39 is 17.8 Å². The molecule has 0 aliphatic rings. The molecule has 0 amide bonds. The number of aromatic nitrogens is 3. The molecule has 0 aliphatic carbocycles. The summed E-state index contributed by atoms with van der Waals surface area (Å²) in [5.74, 6) is 0.682. The Kier molecular flexibility index (Phi) is 4.62. The summed E-state index contributed by atoms with van der Waals surface area (Å²) in [7, 11) is 0. The van der Waals surface area contributed by atoms with Gasteiger partial charge in [0.2, 0.25) is 0 Å². The largest absolute Gasteiger partial charge is 0.416 e. The molecular weight excluding hydrogens is 281 g/mol. The van der Waals surface area contributed by atoms with Crippen molar-refractivity contribution in [3.05, 3.63) is 47.5 Å². The molecule has 0 radical (unpaired) electrons. The molecule has 1 atom stereocenters. The molecule has 1 unspecified atom stereocenters. The molecule has 114 valence electrons. The quantitative estimate of drug-likeness (QED) is 0.923. The van der Waals surface area contributed by atoms with Crippen molar-refractivity contribution in [2.75, 3.05) is 0 Å². The molecular formula is C14H17F3N4. The predicted octanol–water partition coefficient (Wildman–Crippen LogP) is 2.95. The fraction of sp³-hybridized carbons (Fsp3) is 0.429. The molecule has 0 bridgehead atoms. The van der Waals surface area contributed by atoms with Crippen LogP contribution in [-0.4, -0.2) is 14.8 Å². The number of benzene rings is 1. The van der Waals surface area contributed by atoms with Gasteiger partial charge in [-0.15, -0.1) is 0 Å². The van der Waals surface area contributed by atoms with Crippen LogP contribution in [0, 0.1) is 0 Å². The number of aryl methyl sites for hydroxylation is 1. The number of nitrogens with two attached hydrogens (primary N) is 1. The van der Waals surface area contributed by atoms with Crippen LogP contribution >= 0.6 is 0 Å². The third-order valence-electron chi connectivity index (χ3n) is 3.18. The molecule has 1 aromatic heterocycles. The van der Waals surface area contributed by atoms with Gasteiger partial charge in [-0.3, -0.25) is 4.68 Å². The lowest BCUT2D eigenvalue weighted by Crippen LogP contribution is -2.18. The topological polar surface area (TPSA) is 56.7 Å². The Morgan fingerprint density at radius 2 is 2.10 bits per heavy atom. The summed E-state index contributed by atoms with van der Waals surface area (Å²) in [6.07, 6.45) is -1.68. The van der Waals surface area contributed by atoms with Gasteiger partial charge < -0.3 is 5.73 Å². The predicted molar refractivity (Wildman–Crippen MR) is 72.4 cm³/mol. The number of nitrogens with zero attached hydrogens (tertiary/aromatic N) is 3. The van der Waals surface area contributed by atoms with E-state index in [4.69, 9.17) is 5.73 Å². The van der Waals surface area contributed by atoms with Crippen LogP contribution in [0.15, 0.2) is 30.6 Å². The maximum atomic E-state index is 12.7. The van der Waals surface area contributed by atoms with E-state index in [1.165, 1.54) is 12.4 Å². The highest BCUT2D eigenvalue weighted by Crippen LogP contribution is 2.30. The molecule has 21 heavy (non-hydrogen) atoms. The van der Waals surface area contributed by atoms with Crippen LogP contribution < -0.4 is 5.73 Å². The minimum absolute atomic E-state index is 0.349. The average molecular weight is 298 g/mol. The Balaban J connectivity index is 2.16. The highest BCUT2D eigenvalue weighted by Gasteiger charge is 2.30. The van der Waals surface area contributed by atoms with Crippen LogP contribution in [0.5, 0.6) is 0 Å². The van der Waals surface area contributed by atoms with E-state index in [9.17, 15) is 13.2 Å². The molecule has 0 fully saturated rings. The van der Waals surface area contributed by atoms with Crippen molar-refractivity contribution in [2.24, 2.45) is 5.73 Å². The van der Waals surface area contributed by atoms with E-state index in [2.05, 4.69) is 10.1 Å². The van der Waals surface area contributed by atoms with Gasteiger partial charge in [-0.25, -0.2) is 4.98 Å². The Bertz CT molecular complexity index is 592. The number of alkyl halides is 3. The number of hydrogen-bond donors (Lipinski definition) is 1. The fourth-order valence-electron chi connectivity index (χ4n) is 2.10. The molecule has 7 heteroatoms. The average Bonchev–Trinajstić information content (AvgIpc) is 2.86. The Hall–Kier alpha value is -1.89. The molecule has 0 saturated carbocycles. The molecule has 0 aliphatic heterocycles. The van der Waals surface area contributed by atoms with Crippen molar-refractivity contribution < 1.29 is 13.2 Å². The zero-order chi connectivity index (χ0) is 15.5. The second-order valence-corrected chi connectivity index (χ2v) is 4.83. The number of hydrogen-bond acceptors (Lipinski definition) is 3. The van der Waals surface area contributed by atoms with Crippen molar-refractivity contribution in [1.82, 2.24) is 14.8 Å². The van der Waals surface area contributed by atoms with Crippen molar-refractivity contribution in [3.8, 4) is 0 Å². The summed E-state index contributed by atoms with van der Waals surface area (Å²) in [5, 5.41) is 4.08. The SMILES string of the molecule is CCCn1ncnc1CC(N)c1cccc(C(F)(F)F)c1. The van der Waals surface area contributed by atoms with E-state index in [-0.39, 0.29) is 0 Å². The molecule has 4 nitrogen and oxygen atoms in total. The molecule has 0 spiro atoms. The third kappa shape index (κ3) is 3.81. The van der Waals surface area contributed by atoms with Crippen LogP contribution in [0.4, 0.5) is 13.2 Å². The summed E-state index contributed by atoms with van der Waals surface area (Å²) >= 11 is 0. The van der Waals surface area contributed by atoms with Crippen LogP contribution in [0.3, 0.4) is 0 Å². The summed E-state index contributed by atoms with van der Waals surface area (Å²) in [6.45, 7) is 2.73. The summed E-state index contributed by atoms with van der Waals surface area (Å²) in [5.41, 5.74) is 5.77. The number of halogens is 3. The lowest BCUT2D eigenvalue weighted by Gasteiger charge is -2.14. The van der Waals surface area contributed by atoms with E-state index >= 15 is 0 Å². The summed E-state index contributed by atoms with van der Waals surface area (Å²) < 4.78 is 39.8. The zero-order valence-electron chi connectivity index (χ0n) is 11.6. The minimum Gasteiger partial charge on any atom is -0.324 e. The van der Waals surface area contributed by atoms with Crippen LogP contribution in [0.2, 0.25) is 0 Å². The maximum Gasteiger partial charge on any atom is 0.416 e. The first-order valence-corrected chi connectivity index (χ1v) is 6.71. The molecule has 0 saturated heterocycles. The monoisotopic (exact) mass is 298 g/mol. The summed E-state index contributed by atoms with van der Waals surface area (Å²) in [4.78, 5) is 4.12. The van der Waals surface area contributed by atoms with Crippen molar-refractivity contribution >= 4 is 0 Å². The minimum atomic E-state index is -4.36. The molecule has 2 rings (SSSR count). The normalized spacial score (nSPS) is 13.4. The smallest absolute Gasteiger partial charge is 0.324 e. The highest BCUT2D eigenvalue weighted by atomic mass is 19.4. The van der Waals surface area contributed by atoms with Crippen molar-refractivity contribution in [2.45, 2.75) is 38.5 Å². The van der Waals surface area contributed by atoms with Gasteiger partial charge in [0, 0.05) is 19.0 Å². The van der Waals surface area contributed by atoms with Gasteiger partial charge in [0.25, 0.3) is 0 Å². The Morgan fingerprint density at radius 1 is 1.33 bits per heavy atom. The fourth-order valence-corrected chi connectivity index (χ4v) is 2.10. The van der Waals surface area contributed by atoms with E-state index in [1.54, 1.807) is 10.7 Å². The van der Waals surface area contributed by atoms with E-state index in [0.29, 0.717) is 24.4 Å². The first kappa shape index (κ1) is 15.5. The molecule has 2 aromatic rings. The summed E-state index contributed by atoms with van der Waals surface area (Å²) in [6, 6.07) is 4.54. The Labute approximate surface area is 120 Å².